The second-order valence-electron chi connectivity index (χ2n) is 17.5. The van der Waals surface area contributed by atoms with Crippen LogP contribution in [0.15, 0.2) is 259 Å². The zero-order valence-electron chi connectivity index (χ0n) is 37.1. The number of benzene rings is 12. The topological polar surface area (TPSA) is 29.3 Å². The molecule has 0 saturated carbocycles. The molecule has 13 aromatic rings. The van der Waals surface area contributed by atoms with E-state index in [1.165, 1.54) is 27.3 Å². The summed E-state index contributed by atoms with van der Waals surface area (Å²) in [4.78, 5) is 7.59. The Morgan fingerprint density at radius 1 is 0.279 bits per heavy atom. The molecule has 0 aliphatic carbocycles. The Hall–Kier alpha value is -9.05. The summed E-state index contributed by atoms with van der Waals surface area (Å²) in [5.41, 5.74) is 15.2. The highest BCUT2D eigenvalue weighted by Gasteiger charge is 2.23. The van der Waals surface area contributed by atoms with Crippen molar-refractivity contribution in [1.29, 1.82) is 0 Å². The largest absolute Gasteiger partial charge is 0.436 e. The Morgan fingerprint density at radius 3 is 1.68 bits per heavy atom. The smallest absolute Gasteiger partial charge is 0.227 e. The maximum absolute atomic E-state index is 6.43. The zero-order chi connectivity index (χ0) is 45.0. The lowest BCUT2D eigenvalue weighted by Gasteiger charge is -2.31. The van der Waals surface area contributed by atoms with E-state index in [0.717, 1.165) is 94.0 Å². The first kappa shape index (κ1) is 39.3. The second-order valence-corrected chi connectivity index (χ2v) is 17.5. The summed E-state index contributed by atoms with van der Waals surface area (Å²) in [6, 6.07) is 91.7. The number of hydrogen-bond donors (Lipinski definition) is 0. The highest BCUT2D eigenvalue weighted by Crippen LogP contribution is 2.48. The van der Waals surface area contributed by atoms with Gasteiger partial charge in [0.2, 0.25) is 5.89 Å². The highest BCUT2D eigenvalue weighted by atomic mass is 16.3. The molecule has 3 nitrogen and oxygen atoms in total. The van der Waals surface area contributed by atoms with Crippen LogP contribution in [-0.2, 0) is 0 Å². The van der Waals surface area contributed by atoms with E-state index in [9.17, 15) is 0 Å². The number of fused-ring (bicyclic) bond motifs is 6. The monoisotopic (exact) mass is 866 g/mol. The number of rotatable bonds is 8. The molecular weight excluding hydrogens is 825 g/mol. The van der Waals surface area contributed by atoms with E-state index < -0.39 is 0 Å². The van der Waals surface area contributed by atoms with Gasteiger partial charge in [0, 0.05) is 27.5 Å². The van der Waals surface area contributed by atoms with E-state index in [-0.39, 0.29) is 0 Å². The minimum Gasteiger partial charge on any atom is -0.436 e. The van der Waals surface area contributed by atoms with Crippen molar-refractivity contribution in [2.75, 3.05) is 4.90 Å². The molecule has 318 valence electrons. The van der Waals surface area contributed by atoms with Crippen LogP contribution in [0.5, 0.6) is 0 Å². The first-order valence-corrected chi connectivity index (χ1v) is 23.2. The number of anilines is 3. The van der Waals surface area contributed by atoms with Crippen LogP contribution < -0.4 is 4.90 Å². The van der Waals surface area contributed by atoms with E-state index in [4.69, 9.17) is 9.40 Å². The lowest BCUT2D eigenvalue weighted by atomic mass is 9.92. The van der Waals surface area contributed by atoms with Crippen molar-refractivity contribution < 1.29 is 4.42 Å². The summed E-state index contributed by atoms with van der Waals surface area (Å²) in [6.07, 6.45) is 0. The molecule has 1 aromatic heterocycles. The van der Waals surface area contributed by atoms with Gasteiger partial charge in [-0.2, -0.15) is 0 Å². The van der Waals surface area contributed by atoms with E-state index in [1.54, 1.807) is 0 Å². The number of aromatic nitrogens is 1. The predicted molar refractivity (Wildman–Crippen MR) is 286 cm³/mol. The van der Waals surface area contributed by atoms with Crippen molar-refractivity contribution >= 4 is 71.3 Å². The van der Waals surface area contributed by atoms with Crippen LogP contribution in [0.3, 0.4) is 0 Å². The average Bonchev–Trinajstić information content (AvgIpc) is 3.87. The molecule has 0 amide bonds. The number of para-hydroxylation sites is 1. The maximum atomic E-state index is 6.43. The average molecular weight is 867 g/mol. The summed E-state index contributed by atoms with van der Waals surface area (Å²) in [5, 5.41) is 9.31. The van der Waals surface area contributed by atoms with Gasteiger partial charge in [-0.25, -0.2) is 4.98 Å². The Morgan fingerprint density at radius 2 is 0.824 bits per heavy atom. The molecule has 0 bridgehead atoms. The maximum Gasteiger partial charge on any atom is 0.227 e. The quantitative estimate of drug-likeness (QED) is 0.152. The van der Waals surface area contributed by atoms with Crippen LogP contribution in [0.1, 0.15) is 0 Å². The molecule has 1 heterocycles. The first-order chi connectivity index (χ1) is 33.7. The van der Waals surface area contributed by atoms with Crippen LogP contribution >= 0.6 is 0 Å². The van der Waals surface area contributed by atoms with Crippen molar-refractivity contribution in [3.05, 3.63) is 255 Å². The Balaban J connectivity index is 0.982. The van der Waals surface area contributed by atoms with Gasteiger partial charge in [-0.05, 0) is 120 Å². The van der Waals surface area contributed by atoms with Crippen molar-refractivity contribution in [3.63, 3.8) is 0 Å². The molecule has 0 N–H and O–H groups in total. The minimum atomic E-state index is 0.624. The van der Waals surface area contributed by atoms with Gasteiger partial charge in [0.05, 0.1) is 17.1 Å². The number of oxazole rings is 1. The van der Waals surface area contributed by atoms with E-state index in [2.05, 4.69) is 260 Å². The molecule has 12 aromatic carbocycles. The summed E-state index contributed by atoms with van der Waals surface area (Å²) in [7, 11) is 0. The third-order valence-electron chi connectivity index (χ3n) is 13.5. The van der Waals surface area contributed by atoms with Gasteiger partial charge in [-0.3, -0.25) is 0 Å². The van der Waals surface area contributed by atoms with Crippen molar-refractivity contribution in [2.24, 2.45) is 0 Å². The van der Waals surface area contributed by atoms with Crippen molar-refractivity contribution in [2.45, 2.75) is 0 Å². The van der Waals surface area contributed by atoms with Crippen LogP contribution in [-0.4, -0.2) is 4.98 Å². The van der Waals surface area contributed by atoms with Gasteiger partial charge < -0.3 is 9.32 Å². The molecule has 0 unspecified atom stereocenters. The molecule has 13 rings (SSSR count). The van der Waals surface area contributed by atoms with E-state index >= 15 is 0 Å². The van der Waals surface area contributed by atoms with Crippen molar-refractivity contribution in [3.8, 4) is 56.0 Å². The molecule has 0 saturated heterocycles. The van der Waals surface area contributed by atoms with Gasteiger partial charge in [-0.1, -0.05) is 200 Å². The molecule has 0 aliphatic heterocycles. The van der Waals surface area contributed by atoms with Gasteiger partial charge in [0.1, 0.15) is 5.52 Å². The van der Waals surface area contributed by atoms with Gasteiger partial charge in [0.25, 0.3) is 0 Å². The fourth-order valence-corrected chi connectivity index (χ4v) is 10.2. The second kappa shape index (κ2) is 16.4. The molecule has 0 radical (unpaired) electrons. The molecule has 0 spiro atoms. The molecule has 3 heteroatoms. The molecule has 0 aliphatic rings. The minimum absolute atomic E-state index is 0.624. The third kappa shape index (κ3) is 6.80. The Labute approximate surface area is 394 Å². The van der Waals surface area contributed by atoms with Gasteiger partial charge in [-0.15, -0.1) is 0 Å². The van der Waals surface area contributed by atoms with Crippen LogP contribution in [0, 0.1) is 0 Å². The number of nitrogens with zero attached hydrogens (tertiary/aromatic N) is 2. The molecule has 68 heavy (non-hydrogen) atoms. The van der Waals surface area contributed by atoms with Crippen molar-refractivity contribution in [1.82, 2.24) is 4.98 Å². The fourth-order valence-electron chi connectivity index (χ4n) is 10.2. The zero-order valence-corrected chi connectivity index (χ0v) is 37.1. The van der Waals surface area contributed by atoms with Crippen LogP contribution in [0.2, 0.25) is 0 Å². The predicted octanol–water partition coefficient (Wildman–Crippen LogP) is 18.2. The Kier molecular flexibility index (Phi) is 9.50. The lowest BCUT2D eigenvalue weighted by Crippen LogP contribution is -2.13. The molecular formula is C65H42N2O. The molecule has 0 fully saturated rings. The third-order valence-corrected chi connectivity index (χ3v) is 13.5. The van der Waals surface area contributed by atoms with E-state index in [1.807, 2.05) is 0 Å². The Bertz CT molecular complexity index is 4030. The summed E-state index contributed by atoms with van der Waals surface area (Å²) >= 11 is 0. The van der Waals surface area contributed by atoms with Gasteiger partial charge in [0.15, 0.2) is 5.58 Å². The SMILES string of the molecule is c1ccc(-c2ccccc2N(c2ccc(-c3cccc4ccccc34)cc2-c2ccccc2)c2cccc3cc(-c4cccc5c4ccc4oc(-c6ccc7ccccc7c6)nc45)ccc23)cc1. The highest BCUT2D eigenvalue weighted by molar-refractivity contribution is 6.11. The first-order valence-electron chi connectivity index (χ1n) is 23.2. The van der Waals surface area contributed by atoms with Crippen LogP contribution in [0.25, 0.3) is 110 Å². The van der Waals surface area contributed by atoms with E-state index in [0.29, 0.717) is 5.89 Å². The number of hydrogen-bond acceptors (Lipinski definition) is 3. The molecule has 0 atom stereocenters. The normalized spacial score (nSPS) is 11.5. The van der Waals surface area contributed by atoms with Crippen LogP contribution in [0.4, 0.5) is 17.1 Å². The van der Waals surface area contributed by atoms with Gasteiger partial charge >= 0.3 is 0 Å². The summed E-state index contributed by atoms with van der Waals surface area (Å²) < 4.78 is 6.43. The summed E-state index contributed by atoms with van der Waals surface area (Å²) in [5.74, 6) is 0.624. The summed E-state index contributed by atoms with van der Waals surface area (Å²) in [6.45, 7) is 0. The fraction of sp³-hybridized carbons (Fsp3) is 0. The standard InChI is InChI=1S/C65H42N2O/c1-3-17-45(18-4-1)55-26-11-12-30-60(55)67(62-38-35-50(42-59(62)46-19-5-2-6-20-46)53-27-13-23-44-21-9-10-25-52(44)53)61-31-14-24-48-41-49(34-36-56(48)61)54-28-15-29-58-57(54)37-39-63-64(58)66-65(68-63)51-33-32-43-16-7-8-22-47(43)40-51/h1-42H. The lowest BCUT2D eigenvalue weighted by molar-refractivity contribution is 0.620.